The minimum absolute atomic E-state index is 0.300. The van der Waals surface area contributed by atoms with E-state index in [2.05, 4.69) is 10.1 Å². The Labute approximate surface area is 159 Å². The molecule has 5 nitrogen and oxygen atoms in total. The highest BCUT2D eigenvalue weighted by atomic mass is 32.2. The van der Waals surface area contributed by atoms with Gasteiger partial charge in [-0.15, -0.1) is 11.8 Å². The van der Waals surface area contributed by atoms with Gasteiger partial charge in [0.15, 0.2) is 0 Å². The molecule has 0 bridgehead atoms. The number of hydrogen-bond acceptors (Lipinski definition) is 4. The van der Waals surface area contributed by atoms with E-state index < -0.39 is 6.09 Å². The number of ether oxygens (including phenoxy) is 1. The third kappa shape index (κ3) is 3.10. The number of imidazole rings is 1. The van der Waals surface area contributed by atoms with E-state index in [0.29, 0.717) is 5.69 Å². The molecule has 7 heteroatoms. The molecule has 2 heterocycles. The molecule has 2 aromatic carbocycles. The average molecular weight is 381 g/mol. The van der Waals surface area contributed by atoms with Crippen LogP contribution in [-0.2, 0) is 4.74 Å². The van der Waals surface area contributed by atoms with E-state index in [-0.39, 0.29) is 5.82 Å². The van der Waals surface area contributed by atoms with Crippen LogP contribution in [0.15, 0.2) is 59.8 Å². The summed E-state index contributed by atoms with van der Waals surface area (Å²) in [6, 6.07) is 14.0. The second kappa shape index (κ2) is 6.92. The van der Waals surface area contributed by atoms with Crippen LogP contribution in [0, 0.1) is 5.82 Å². The number of pyridine rings is 1. The molecular formula is C20H16FN3O2S. The molecular weight excluding hydrogens is 365 g/mol. The van der Waals surface area contributed by atoms with Crippen LogP contribution in [0.3, 0.4) is 0 Å². The zero-order valence-corrected chi connectivity index (χ0v) is 15.5. The Morgan fingerprint density at radius 1 is 1.22 bits per heavy atom. The maximum atomic E-state index is 13.7. The topological polar surface area (TPSA) is 55.6 Å². The molecule has 0 fully saturated rings. The van der Waals surface area contributed by atoms with Crippen LogP contribution in [0.5, 0.6) is 0 Å². The Morgan fingerprint density at radius 2 is 2.07 bits per heavy atom. The quantitative estimate of drug-likeness (QED) is 0.496. The Kier molecular flexibility index (Phi) is 4.45. The van der Waals surface area contributed by atoms with E-state index in [0.717, 1.165) is 32.7 Å². The van der Waals surface area contributed by atoms with Crippen molar-refractivity contribution in [1.29, 1.82) is 0 Å². The van der Waals surface area contributed by atoms with Gasteiger partial charge in [-0.25, -0.2) is 14.2 Å². The highest BCUT2D eigenvalue weighted by Crippen LogP contribution is 2.34. The summed E-state index contributed by atoms with van der Waals surface area (Å²) in [6.07, 6.45) is 3.38. The molecule has 4 rings (SSSR count). The number of methoxy groups -OCH3 is 1. The fourth-order valence-corrected chi connectivity index (χ4v) is 3.76. The number of aromatic nitrogens is 2. The lowest BCUT2D eigenvalue weighted by molar-refractivity contribution is 0.187. The number of rotatable bonds is 3. The summed E-state index contributed by atoms with van der Waals surface area (Å²) < 4.78 is 20.3. The summed E-state index contributed by atoms with van der Waals surface area (Å²) >= 11 is 1.55. The van der Waals surface area contributed by atoms with Crippen molar-refractivity contribution in [2.75, 3.05) is 18.7 Å². The second-order valence-corrected chi connectivity index (χ2v) is 6.70. The minimum atomic E-state index is -0.533. The van der Waals surface area contributed by atoms with E-state index in [9.17, 15) is 9.18 Å². The van der Waals surface area contributed by atoms with Gasteiger partial charge in [0.1, 0.15) is 22.2 Å². The molecule has 136 valence electrons. The van der Waals surface area contributed by atoms with E-state index in [1.807, 2.05) is 47.2 Å². The number of fused-ring (bicyclic) bond motifs is 3. The summed E-state index contributed by atoms with van der Waals surface area (Å²) in [5.41, 5.74) is 2.80. The molecule has 0 atom stereocenters. The van der Waals surface area contributed by atoms with Gasteiger partial charge < -0.3 is 4.74 Å². The van der Waals surface area contributed by atoms with Gasteiger partial charge in [0.05, 0.1) is 7.11 Å². The molecule has 0 spiro atoms. The van der Waals surface area contributed by atoms with Crippen molar-refractivity contribution in [3.05, 3.63) is 60.5 Å². The highest BCUT2D eigenvalue weighted by molar-refractivity contribution is 7.98. The summed E-state index contributed by atoms with van der Waals surface area (Å²) in [6.45, 7) is 0. The Morgan fingerprint density at radius 3 is 2.81 bits per heavy atom. The predicted octanol–water partition coefficient (Wildman–Crippen LogP) is 5.19. The van der Waals surface area contributed by atoms with E-state index in [1.165, 1.54) is 19.2 Å². The van der Waals surface area contributed by atoms with Crippen LogP contribution in [0.25, 0.3) is 27.7 Å². The zero-order valence-electron chi connectivity index (χ0n) is 14.7. The number of benzene rings is 2. The zero-order chi connectivity index (χ0) is 19.0. The Bertz CT molecular complexity index is 1170. The van der Waals surface area contributed by atoms with Gasteiger partial charge in [-0.2, -0.15) is 0 Å². The van der Waals surface area contributed by atoms with Gasteiger partial charge in [-0.3, -0.25) is 9.72 Å². The van der Waals surface area contributed by atoms with Gasteiger partial charge in [0.25, 0.3) is 0 Å². The van der Waals surface area contributed by atoms with Gasteiger partial charge >= 0.3 is 6.09 Å². The molecule has 1 N–H and O–H groups in total. The molecule has 4 aromatic rings. The van der Waals surface area contributed by atoms with Crippen LogP contribution in [0.2, 0.25) is 0 Å². The van der Waals surface area contributed by atoms with Crippen molar-refractivity contribution in [3.8, 4) is 11.3 Å². The third-order valence-corrected chi connectivity index (χ3v) is 5.06. The fourth-order valence-electron chi connectivity index (χ4n) is 3.06. The van der Waals surface area contributed by atoms with Crippen molar-refractivity contribution in [2.24, 2.45) is 0 Å². The lowest BCUT2D eigenvalue weighted by atomic mass is 10.1. The SMILES string of the molecule is COC(=O)Nc1ccc2ccn3c(SC)c(-c4cccc(F)c4)nc3c2c1. The Balaban J connectivity index is 1.95. The first-order valence-corrected chi connectivity index (χ1v) is 9.43. The minimum Gasteiger partial charge on any atom is -0.453 e. The van der Waals surface area contributed by atoms with Crippen LogP contribution >= 0.6 is 11.8 Å². The third-order valence-electron chi connectivity index (χ3n) is 4.29. The molecule has 1 amide bonds. The maximum absolute atomic E-state index is 13.7. The van der Waals surface area contributed by atoms with Crippen molar-refractivity contribution in [3.63, 3.8) is 0 Å². The van der Waals surface area contributed by atoms with Gasteiger partial charge in [0.2, 0.25) is 0 Å². The first kappa shape index (κ1) is 17.4. The number of nitrogens with zero attached hydrogens (tertiary/aromatic N) is 2. The smallest absolute Gasteiger partial charge is 0.411 e. The largest absolute Gasteiger partial charge is 0.453 e. The fraction of sp³-hybridized carbons (Fsp3) is 0.100. The molecule has 0 unspecified atom stereocenters. The van der Waals surface area contributed by atoms with Crippen molar-refractivity contribution in [1.82, 2.24) is 9.38 Å². The normalized spacial score (nSPS) is 11.1. The lowest BCUT2D eigenvalue weighted by Crippen LogP contribution is -2.10. The lowest BCUT2D eigenvalue weighted by Gasteiger charge is -2.07. The number of thioether (sulfide) groups is 1. The van der Waals surface area contributed by atoms with Crippen LogP contribution < -0.4 is 5.32 Å². The molecule has 0 aliphatic rings. The van der Waals surface area contributed by atoms with E-state index >= 15 is 0 Å². The number of carbonyl (C=O) groups is 1. The standard InChI is InChI=1S/C20H16FN3O2S/c1-26-20(25)22-15-7-6-12-8-9-24-18(16(12)11-15)23-17(19(24)27-2)13-4-3-5-14(21)10-13/h3-11H,1-2H3,(H,22,25). The number of anilines is 1. The summed E-state index contributed by atoms with van der Waals surface area (Å²) in [4.78, 5) is 16.3. The number of halogens is 1. The molecule has 0 radical (unpaired) electrons. The molecule has 0 saturated heterocycles. The molecule has 2 aromatic heterocycles. The summed E-state index contributed by atoms with van der Waals surface area (Å²) in [7, 11) is 1.32. The molecule has 27 heavy (non-hydrogen) atoms. The van der Waals surface area contributed by atoms with Crippen LogP contribution in [0.1, 0.15) is 0 Å². The summed E-state index contributed by atoms with van der Waals surface area (Å²) in [5.74, 6) is -0.300. The Hall–Kier alpha value is -3.06. The van der Waals surface area contributed by atoms with Crippen LogP contribution in [0.4, 0.5) is 14.9 Å². The van der Waals surface area contributed by atoms with Crippen molar-refractivity contribution >= 4 is 40.0 Å². The maximum Gasteiger partial charge on any atom is 0.411 e. The van der Waals surface area contributed by atoms with E-state index in [4.69, 9.17) is 4.98 Å². The van der Waals surface area contributed by atoms with Crippen molar-refractivity contribution in [2.45, 2.75) is 5.03 Å². The molecule has 0 saturated carbocycles. The number of carbonyl (C=O) groups excluding carboxylic acids is 1. The summed E-state index contributed by atoms with van der Waals surface area (Å²) in [5, 5.41) is 5.46. The molecule has 0 aliphatic heterocycles. The monoisotopic (exact) mass is 381 g/mol. The number of nitrogens with one attached hydrogen (secondary N) is 1. The highest BCUT2D eigenvalue weighted by Gasteiger charge is 2.16. The predicted molar refractivity (Wildman–Crippen MR) is 106 cm³/mol. The average Bonchev–Trinajstić information content (AvgIpc) is 3.07. The first-order valence-electron chi connectivity index (χ1n) is 8.20. The van der Waals surface area contributed by atoms with Gasteiger partial charge in [-0.05, 0) is 42.0 Å². The molecule has 0 aliphatic carbocycles. The van der Waals surface area contributed by atoms with Crippen molar-refractivity contribution < 1.29 is 13.9 Å². The van der Waals surface area contributed by atoms with Crippen LogP contribution in [-0.4, -0.2) is 28.8 Å². The van der Waals surface area contributed by atoms with E-state index in [1.54, 1.807) is 17.8 Å². The van der Waals surface area contributed by atoms with Gasteiger partial charge in [-0.1, -0.05) is 18.2 Å². The first-order chi connectivity index (χ1) is 13.1. The second-order valence-electron chi connectivity index (χ2n) is 5.91. The number of amides is 1. The number of hydrogen-bond donors (Lipinski definition) is 1. The van der Waals surface area contributed by atoms with Gasteiger partial charge in [0, 0.05) is 22.8 Å².